The van der Waals surface area contributed by atoms with Crippen LogP contribution in [0.25, 0.3) is 0 Å². The third-order valence-corrected chi connectivity index (χ3v) is 3.08. The summed E-state index contributed by atoms with van der Waals surface area (Å²) in [7, 11) is 0. The van der Waals surface area contributed by atoms with Gasteiger partial charge in [-0.15, -0.1) is 0 Å². The van der Waals surface area contributed by atoms with E-state index < -0.39 is 5.95 Å². The molecule has 1 atom stereocenters. The Morgan fingerprint density at radius 2 is 2.44 bits per heavy atom. The van der Waals surface area contributed by atoms with Gasteiger partial charge in [-0.3, -0.25) is 4.79 Å². The number of amides is 1. The van der Waals surface area contributed by atoms with Crippen molar-refractivity contribution in [2.75, 3.05) is 6.54 Å². The molecule has 16 heavy (non-hydrogen) atoms. The average Bonchev–Trinajstić information content (AvgIpc) is 2.77. The summed E-state index contributed by atoms with van der Waals surface area (Å²) in [5.41, 5.74) is 0.474. The third kappa shape index (κ3) is 2.05. The van der Waals surface area contributed by atoms with E-state index in [1.165, 1.54) is 18.3 Å². The maximum atomic E-state index is 12.6. The van der Waals surface area contributed by atoms with E-state index >= 15 is 0 Å². The number of hydrogen-bond acceptors (Lipinski definition) is 2. The maximum absolute atomic E-state index is 12.6. The summed E-state index contributed by atoms with van der Waals surface area (Å²) in [5, 5.41) is 0. The lowest BCUT2D eigenvalue weighted by molar-refractivity contribution is 0.0733. The third-order valence-electron chi connectivity index (χ3n) is 3.08. The summed E-state index contributed by atoms with van der Waals surface area (Å²) in [6, 6.07) is 3.05. The molecule has 1 aliphatic rings. The van der Waals surface area contributed by atoms with Gasteiger partial charge in [-0.2, -0.15) is 4.39 Å². The molecule has 1 aromatic rings. The molecular weight excluding hydrogens is 207 g/mol. The average molecular weight is 222 g/mol. The van der Waals surface area contributed by atoms with Crippen molar-refractivity contribution in [1.82, 2.24) is 9.88 Å². The van der Waals surface area contributed by atoms with Gasteiger partial charge in [0.25, 0.3) is 5.91 Å². The van der Waals surface area contributed by atoms with Gasteiger partial charge in [0.1, 0.15) is 0 Å². The minimum atomic E-state index is -0.551. The summed E-state index contributed by atoms with van der Waals surface area (Å²) in [4.78, 5) is 17.5. The number of hydrogen-bond donors (Lipinski definition) is 0. The molecule has 2 heterocycles. The number of carbonyl (C=O) groups is 1. The number of likely N-dealkylation sites (tertiary alicyclic amines) is 1. The quantitative estimate of drug-likeness (QED) is 0.719. The standard InChI is InChI=1S/C12H15FN2O/c1-2-10-4-3-7-15(10)12(16)9-5-6-11(13)14-8-9/h5-6,8,10H,2-4,7H2,1H3. The molecule has 0 aromatic carbocycles. The fraction of sp³-hybridized carbons (Fsp3) is 0.500. The van der Waals surface area contributed by atoms with Crippen LogP contribution < -0.4 is 0 Å². The first kappa shape index (κ1) is 11.0. The van der Waals surface area contributed by atoms with Gasteiger partial charge in [-0.25, -0.2) is 4.98 Å². The van der Waals surface area contributed by atoms with E-state index in [0.29, 0.717) is 11.6 Å². The van der Waals surface area contributed by atoms with E-state index in [-0.39, 0.29) is 5.91 Å². The zero-order chi connectivity index (χ0) is 11.5. The molecule has 1 fully saturated rings. The summed E-state index contributed by atoms with van der Waals surface area (Å²) in [6.45, 7) is 2.88. The first-order valence-corrected chi connectivity index (χ1v) is 5.65. The molecule has 1 aliphatic heterocycles. The molecule has 0 aliphatic carbocycles. The number of nitrogens with zero attached hydrogens (tertiary/aromatic N) is 2. The summed E-state index contributed by atoms with van der Waals surface area (Å²) in [6.07, 6.45) is 4.40. The van der Waals surface area contributed by atoms with Crippen molar-refractivity contribution in [3.8, 4) is 0 Å². The number of aromatic nitrogens is 1. The second kappa shape index (κ2) is 4.60. The maximum Gasteiger partial charge on any atom is 0.255 e. The van der Waals surface area contributed by atoms with Crippen LogP contribution in [0.15, 0.2) is 18.3 Å². The Morgan fingerprint density at radius 1 is 1.62 bits per heavy atom. The Labute approximate surface area is 94.3 Å². The summed E-state index contributed by atoms with van der Waals surface area (Å²) in [5.74, 6) is -0.582. The molecule has 86 valence electrons. The summed E-state index contributed by atoms with van der Waals surface area (Å²) < 4.78 is 12.6. The van der Waals surface area contributed by atoms with Crippen molar-refractivity contribution < 1.29 is 9.18 Å². The molecule has 1 unspecified atom stereocenters. The predicted molar refractivity (Wildman–Crippen MR) is 58.5 cm³/mol. The Balaban J connectivity index is 2.15. The van der Waals surface area contributed by atoms with Crippen LogP contribution >= 0.6 is 0 Å². The minimum absolute atomic E-state index is 0.0307. The highest BCUT2D eigenvalue weighted by atomic mass is 19.1. The van der Waals surface area contributed by atoms with Crippen LogP contribution in [0.1, 0.15) is 36.5 Å². The van der Waals surface area contributed by atoms with Gasteiger partial charge >= 0.3 is 0 Å². The molecule has 0 saturated carbocycles. The van der Waals surface area contributed by atoms with Crippen LogP contribution in [0.2, 0.25) is 0 Å². The van der Waals surface area contributed by atoms with Crippen LogP contribution in [-0.4, -0.2) is 28.4 Å². The van der Waals surface area contributed by atoms with Crippen LogP contribution in [0.3, 0.4) is 0 Å². The monoisotopic (exact) mass is 222 g/mol. The SMILES string of the molecule is CCC1CCCN1C(=O)c1ccc(F)nc1. The molecule has 4 heteroatoms. The minimum Gasteiger partial charge on any atom is -0.336 e. The highest BCUT2D eigenvalue weighted by Gasteiger charge is 2.27. The number of pyridine rings is 1. The van der Waals surface area contributed by atoms with Crippen LogP contribution in [0.4, 0.5) is 4.39 Å². The van der Waals surface area contributed by atoms with Crippen molar-refractivity contribution >= 4 is 5.91 Å². The van der Waals surface area contributed by atoms with Crippen molar-refractivity contribution in [3.05, 3.63) is 29.8 Å². The smallest absolute Gasteiger partial charge is 0.255 e. The lowest BCUT2D eigenvalue weighted by atomic mass is 10.1. The number of carbonyl (C=O) groups excluding carboxylic acids is 1. The van der Waals surface area contributed by atoms with E-state index in [1.54, 1.807) is 0 Å². The zero-order valence-corrected chi connectivity index (χ0v) is 9.32. The molecule has 1 aromatic heterocycles. The second-order valence-electron chi connectivity index (χ2n) is 4.07. The van der Waals surface area contributed by atoms with Crippen molar-refractivity contribution in [3.63, 3.8) is 0 Å². The van der Waals surface area contributed by atoms with Gasteiger partial charge in [0.05, 0.1) is 5.56 Å². The topological polar surface area (TPSA) is 33.2 Å². The molecule has 0 bridgehead atoms. The largest absolute Gasteiger partial charge is 0.336 e. The van der Waals surface area contributed by atoms with Gasteiger partial charge < -0.3 is 4.90 Å². The van der Waals surface area contributed by atoms with Gasteiger partial charge in [0.2, 0.25) is 5.95 Å². The van der Waals surface area contributed by atoms with E-state index in [9.17, 15) is 9.18 Å². The Bertz CT molecular complexity index is 377. The van der Waals surface area contributed by atoms with Gasteiger partial charge in [0.15, 0.2) is 0 Å². The van der Waals surface area contributed by atoms with Crippen molar-refractivity contribution in [2.24, 2.45) is 0 Å². The predicted octanol–water partition coefficient (Wildman–Crippen LogP) is 2.24. The second-order valence-corrected chi connectivity index (χ2v) is 4.07. The number of halogens is 1. The molecule has 3 nitrogen and oxygen atoms in total. The van der Waals surface area contributed by atoms with E-state index in [0.717, 1.165) is 25.8 Å². The van der Waals surface area contributed by atoms with Gasteiger partial charge in [-0.05, 0) is 31.4 Å². The molecule has 0 N–H and O–H groups in total. The van der Waals surface area contributed by atoms with Crippen LogP contribution in [0, 0.1) is 5.95 Å². The van der Waals surface area contributed by atoms with E-state index in [4.69, 9.17) is 0 Å². The molecular formula is C12H15FN2O. The van der Waals surface area contributed by atoms with Crippen molar-refractivity contribution in [1.29, 1.82) is 0 Å². The first-order chi connectivity index (χ1) is 7.72. The Kier molecular flexibility index (Phi) is 3.17. The lowest BCUT2D eigenvalue weighted by Crippen LogP contribution is -2.35. The fourth-order valence-electron chi connectivity index (χ4n) is 2.20. The highest BCUT2D eigenvalue weighted by Crippen LogP contribution is 2.21. The molecule has 1 amide bonds. The molecule has 1 saturated heterocycles. The Morgan fingerprint density at radius 3 is 3.06 bits per heavy atom. The molecule has 2 rings (SSSR count). The van der Waals surface area contributed by atoms with E-state index in [2.05, 4.69) is 11.9 Å². The highest BCUT2D eigenvalue weighted by molar-refractivity contribution is 5.94. The van der Waals surface area contributed by atoms with Crippen LogP contribution in [0.5, 0.6) is 0 Å². The van der Waals surface area contributed by atoms with Gasteiger partial charge in [0, 0.05) is 18.8 Å². The lowest BCUT2D eigenvalue weighted by Gasteiger charge is -2.23. The molecule has 0 spiro atoms. The van der Waals surface area contributed by atoms with Gasteiger partial charge in [-0.1, -0.05) is 6.92 Å². The normalized spacial score (nSPS) is 20.1. The molecule has 0 radical (unpaired) electrons. The Hall–Kier alpha value is -1.45. The summed E-state index contributed by atoms with van der Waals surface area (Å²) >= 11 is 0. The fourth-order valence-corrected chi connectivity index (χ4v) is 2.20. The van der Waals surface area contributed by atoms with E-state index in [1.807, 2.05) is 4.90 Å². The zero-order valence-electron chi connectivity index (χ0n) is 9.32. The van der Waals surface area contributed by atoms with Crippen molar-refractivity contribution in [2.45, 2.75) is 32.2 Å². The number of rotatable bonds is 2. The first-order valence-electron chi connectivity index (χ1n) is 5.65. The van der Waals surface area contributed by atoms with Crippen LogP contribution in [-0.2, 0) is 0 Å².